The van der Waals surface area contributed by atoms with E-state index in [1.807, 2.05) is 0 Å². The summed E-state index contributed by atoms with van der Waals surface area (Å²) in [6.07, 6.45) is -34.0. The van der Waals surface area contributed by atoms with Crippen molar-refractivity contribution in [3.63, 3.8) is 0 Å². The Morgan fingerprint density at radius 2 is 1.00 bits per heavy atom. The van der Waals surface area contributed by atoms with Gasteiger partial charge in [0, 0.05) is 5.92 Å². The van der Waals surface area contributed by atoms with Gasteiger partial charge in [0.25, 0.3) is 0 Å². The summed E-state index contributed by atoms with van der Waals surface area (Å²) in [6.45, 7) is -1.87. The number of aliphatic carboxylic acids is 1. The van der Waals surface area contributed by atoms with Crippen molar-refractivity contribution in [2.45, 2.75) is 123 Å². The molecule has 4 rings (SSSR count). The third-order valence-electron chi connectivity index (χ3n) is 8.83. The third-order valence-corrected chi connectivity index (χ3v) is 8.83. The van der Waals surface area contributed by atoms with Crippen LogP contribution in [0.5, 0.6) is 0 Å². The second-order valence-corrected chi connectivity index (χ2v) is 11.8. The molecule has 0 aliphatic carbocycles. The minimum absolute atomic E-state index is 0.715. The van der Waals surface area contributed by atoms with Gasteiger partial charge in [-0.15, -0.1) is 0 Å². The van der Waals surface area contributed by atoms with Crippen LogP contribution < -0.4 is 0 Å². The number of carboxylic acids is 1. The van der Waals surface area contributed by atoms with Crippen molar-refractivity contribution in [2.24, 2.45) is 5.92 Å². The van der Waals surface area contributed by atoms with Crippen molar-refractivity contribution in [2.75, 3.05) is 26.4 Å². The molecule has 13 N–H and O–H groups in total. The zero-order chi connectivity index (χ0) is 34.9. The fourth-order valence-electron chi connectivity index (χ4n) is 6.00. The smallest absolute Gasteiger partial charge is 0.335 e. The second-order valence-electron chi connectivity index (χ2n) is 11.8. The zero-order valence-electron chi connectivity index (χ0n) is 25.0. The largest absolute Gasteiger partial charge is 0.479 e. The summed E-state index contributed by atoms with van der Waals surface area (Å²) in [5, 5.41) is 134. The molecule has 0 spiro atoms. The lowest BCUT2D eigenvalue weighted by Gasteiger charge is -2.50. The number of aliphatic hydroxyl groups excluding tert-OH is 12. The summed E-state index contributed by atoms with van der Waals surface area (Å²) in [6, 6.07) is 0. The van der Waals surface area contributed by atoms with Gasteiger partial charge in [-0.05, 0) is 6.92 Å². The fourth-order valence-corrected chi connectivity index (χ4v) is 6.00. The van der Waals surface area contributed by atoms with Crippen molar-refractivity contribution in [3.05, 3.63) is 0 Å². The van der Waals surface area contributed by atoms with Crippen LogP contribution in [0.25, 0.3) is 0 Å². The fraction of sp³-hybridized carbons (Fsp3) is 0.962. The molecule has 0 aromatic rings. The number of hydrogen-bond acceptors (Lipinski definition) is 20. The van der Waals surface area contributed by atoms with Gasteiger partial charge in [-0.25, -0.2) is 4.79 Å². The summed E-state index contributed by atoms with van der Waals surface area (Å²) in [7, 11) is 0. The Labute approximate surface area is 266 Å². The molecule has 4 fully saturated rings. The van der Waals surface area contributed by atoms with Crippen molar-refractivity contribution in [3.8, 4) is 0 Å². The van der Waals surface area contributed by atoms with Crippen LogP contribution in [0.15, 0.2) is 0 Å². The topological polar surface area (TPSA) is 345 Å². The Balaban J connectivity index is 1.73. The van der Waals surface area contributed by atoms with E-state index in [1.165, 1.54) is 6.92 Å². The van der Waals surface area contributed by atoms with Crippen molar-refractivity contribution in [1.29, 1.82) is 0 Å². The number of carbonyl (C=O) groups is 1. The maximum absolute atomic E-state index is 11.7. The van der Waals surface area contributed by atoms with Gasteiger partial charge in [0.1, 0.15) is 79.4 Å². The molecule has 0 saturated carbocycles. The van der Waals surface area contributed by atoms with Gasteiger partial charge in [-0.3, -0.25) is 0 Å². The molecule has 4 aliphatic heterocycles. The molecule has 4 heterocycles. The molecule has 0 aromatic heterocycles. The van der Waals surface area contributed by atoms with Crippen LogP contribution in [0.4, 0.5) is 0 Å². The molecule has 20 atom stereocenters. The van der Waals surface area contributed by atoms with E-state index >= 15 is 0 Å². The molecule has 4 aliphatic rings. The normalized spacial score (nSPS) is 51.1. The molecule has 0 aromatic carbocycles. The number of aliphatic hydroxyl groups is 12. The summed E-state index contributed by atoms with van der Waals surface area (Å²) >= 11 is 0. The molecule has 274 valence electrons. The third kappa shape index (κ3) is 7.73. The first-order chi connectivity index (χ1) is 22.2. The van der Waals surface area contributed by atoms with Crippen molar-refractivity contribution >= 4 is 5.97 Å². The molecule has 0 bridgehead atoms. The van der Waals surface area contributed by atoms with Gasteiger partial charge in [0.05, 0.1) is 38.6 Å². The van der Waals surface area contributed by atoms with Gasteiger partial charge in [-0.1, -0.05) is 0 Å². The maximum Gasteiger partial charge on any atom is 0.335 e. The molecular formula is C26H44O21. The zero-order valence-corrected chi connectivity index (χ0v) is 25.0. The Kier molecular flexibility index (Phi) is 13.2. The molecular weight excluding hydrogens is 648 g/mol. The number of ether oxygens (including phenoxy) is 7. The van der Waals surface area contributed by atoms with Gasteiger partial charge in [0.2, 0.25) is 0 Å². The predicted octanol–water partition coefficient (Wildman–Crippen LogP) is -8.34. The van der Waals surface area contributed by atoms with Crippen LogP contribution in [0.3, 0.4) is 0 Å². The van der Waals surface area contributed by atoms with Gasteiger partial charge in [-0.2, -0.15) is 0 Å². The highest BCUT2D eigenvalue weighted by atomic mass is 16.8. The highest BCUT2D eigenvalue weighted by Gasteiger charge is 2.57. The highest BCUT2D eigenvalue weighted by molar-refractivity contribution is 5.73. The summed E-state index contributed by atoms with van der Waals surface area (Å²) in [5.41, 5.74) is 0. The Hall–Kier alpha value is -1.29. The van der Waals surface area contributed by atoms with Crippen LogP contribution in [0.2, 0.25) is 0 Å². The molecule has 21 nitrogen and oxygen atoms in total. The maximum atomic E-state index is 11.7. The number of rotatable bonds is 11. The van der Waals surface area contributed by atoms with Gasteiger partial charge >= 0.3 is 5.97 Å². The van der Waals surface area contributed by atoms with Gasteiger partial charge in [0.15, 0.2) is 25.0 Å². The Bertz CT molecular complexity index is 1010. The summed E-state index contributed by atoms with van der Waals surface area (Å²) in [4.78, 5) is 11.7. The van der Waals surface area contributed by atoms with Gasteiger partial charge < -0.3 is 99.5 Å². The molecule has 47 heavy (non-hydrogen) atoms. The van der Waals surface area contributed by atoms with E-state index < -0.39 is 155 Å². The standard InChI is InChI=1S/C26H44O21/c1-6-11(31)19(14(34)9(4-29)41-6)44-26-22(47-25-18(38)16(36)17(37)21(46-25)23(39)40)20(15(35)10(5-30)43-26)45-24-13(33)7(2-27)12(32)8(3-28)42-24/h6-22,24-38H,2-5H2,1H3,(H,39,40)/t6?,7-,8+,9+,10+,11-,12+,13+,14-,15+,16-,17+,18+,19+,20-,21-,22-,24-,25-,26+/m0/s1. The summed E-state index contributed by atoms with van der Waals surface area (Å²) in [5.74, 6) is -3.11. The predicted molar refractivity (Wildman–Crippen MR) is 142 cm³/mol. The van der Waals surface area contributed by atoms with Crippen LogP contribution >= 0.6 is 0 Å². The molecule has 4 saturated heterocycles. The van der Waals surface area contributed by atoms with E-state index in [1.54, 1.807) is 0 Å². The first-order valence-electron chi connectivity index (χ1n) is 14.9. The SMILES string of the molecule is CC1O[C@H](CO)[C@H](O)[C@H](O[C@H]2O[C@H](CO)[C@@H](O)[C@H](O[C@@H]3O[C@H](CO)[C@H](O)[C@H](CO)[C@H]3O)[C@@H]2O[C@@H]2O[C@H](C(=O)O)[C@H](O)[C@H](O)[C@H]2O)[C@H]1O. The molecule has 0 amide bonds. The summed E-state index contributed by atoms with van der Waals surface area (Å²) < 4.78 is 39.2. The first kappa shape index (κ1) is 38.5. The quantitative estimate of drug-likeness (QED) is 0.0955. The van der Waals surface area contributed by atoms with E-state index in [0.717, 1.165) is 0 Å². The van der Waals surface area contributed by atoms with E-state index in [0.29, 0.717) is 0 Å². The minimum Gasteiger partial charge on any atom is -0.479 e. The average molecular weight is 693 g/mol. The lowest BCUT2D eigenvalue weighted by Crippen LogP contribution is -2.68. The highest BCUT2D eigenvalue weighted by Crippen LogP contribution is 2.36. The number of hydrogen-bond donors (Lipinski definition) is 13. The van der Waals surface area contributed by atoms with Crippen molar-refractivity contribution < 1.29 is 104 Å². The van der Waals surface area contributed by atoms with Crippen LogP contribution in [-0.2, 0) is 38.0 Å². The van der Waals surface area contributed by atoms with E-state index in [4.69, 9.17) is 33.2 Å². The molecule has 0 radical (unpaired) electrons. The van der Waals surface area contributed by atoms with Crippen LogP contribution in [0, 0.1) is 5.92 Å². The van der Waals surface area contributed by atoms with Crippen molar-refractivity contribution in [1.82, 2.24) is 0 Å². The minimum atomic E-state index is -2.16. The monoisotopic (exact) mass is 692 g/mol. The first-order valence-corrected chi connectivity index (χ1v) is 14.9. The molecule has 1 unspecified atom stereocenters. The lowest BCUT2D eigenvalue weighted by atomic mass is 9.89. The average Bonchev–Trinajstić information content (AvgIpc) is 3.04. The molecule has 21 heteroatoms. The second kappa shape index (κ2) is 16.2. The van der Waals surface area contributed by atoms with E-state index in [-0.39, 0.29) is 0 Å². The Morgan fingerprint density at radius 3 is 1.57 bits per heavy atom. The number of carboxylic acid groups (broad SMARTS) is 1. The van der Waals surface area contributed by atoms with E-state index in [9.17, 15) is 71.2 Å². The lowest BCUT2D eigenvalue weighted by molar-refractivity contribution is -0.400. The van der Waals surface area contributed by atoms with Crippen LogP contribution in [0.1, 0.15) is 6.92 Å². The Morgan fingerprint density at radius 1 is 0.511 bits per heavy atom. The van der Waals surface area contributed by atoms with Crippen LogP contribution in [-0.4, -0.2) is 215 Å². The van der Waals surface area contributed by atoms with E-state index in [2.05, 4.69) is 0 Å².